The summed E-state index contributed by atoms with van der Waals surface area (Å²) in [5.41, 5.74) is 4.48. The average molecular weight is 552 g/mol. The van der Waals surface area contributed by atoms with Gasteiger partial charge in [-0.3, -0.25) is 4.57 Å². The van der Waals surface area contributed by atoms with Crippen LogP contribution in [0.2, 0.25) is 0 Å². The molecule has 3 fully saturated rings. The second-order valence-electron chi connectivity index (χ2n) is 13.1. The third-order valence-electron chi connectivity index (χ3n) is 9.52. The topological polar surface area (TPSA) is 82.3 Å². The molecule has 3 aliphatic rings. The Balaban J connectivity index is 1.10. The van der Waals surface area contributed by atoms with Crippen molar-refractivity contribution in [3.05, 3.63) is 66.1 Å². The smallest absolute Gasteiger partial charge is 0.229 e. The van der Waals surface area contributed by atoms with Crippen LogP contribution in [0.15, 0.2) is 54.7 Å². The number of rotatable bonds is 6. The lowest BCUT2D eigenvalue weighted by Crippen LogP contribution is -2.46. The molecule has 4 aromatic rings. The molecule has 8 nitrogen and oxygen atoms in total. The molecule has 0 radical (unpaired) electrons. The molecule has 8 heteroatoms. The molecule has 1 saturated carbocycles. The zero-order valence-electron chi connectivity index (χ0n) is 24.5. The average Bonchev–Trinajstić information content (AvgIpc) is 3.75. The first kappa shape index (κ1) is 26.4. The van der Waals surface area contributed by atoms with Crippen molar-refractivity contribution in [1.29, 1.82) is 0 Å². The first-order valence-electron chi connectivity index (χ1n) is 15.2. The van der Waals surface area contributed by atoms with Crippen LogP contribution in [0.1, 0.15) is 69.7 Å². The number of anilines is 3. The van der Waals surface area contributed by atoms with Gasteiger partial charge >= 0.3 is 0 Å². The lowest BCUT2D eigenvalue weighted by Gasteiger charge is -2.46. The highest BCUT2D eigenvalue weighted by atomic mass is 16.3. The monoisotopic (exact) mass is 551 g/mol. The number of aromatic nitrogens is 4. The van der Waals surface area contributed by atoms with Gasteiger partial charge in [-0.2, -0.15) is 4.98 Å². The van der Waals surface area contributed by atoms with E-state index in [0.717, 1.165) is 35.6 Å². The maximum atomic E-state index is 10.6. The second-order valence-corrected chi connectivity index (χ2v) is 13.1. The van der Waals surface area contributed by atoms with Gasteiger partial charge in [-0.1, -0.05) is 6.07 Å². The van der Waals surface area contributed by atoms with E-state index in [4.69, 9.17) is 9.97 Å². The van der Waals surface area contributed by atoms with Gasteiger partial charge < -0.3 is 20.2 Å². The van der Waals surface area contributed by atoms with E-state index in [1.54, 1.807) is 13.8 Å². The number of nitrogens with zero attached hydrogens (tertiary/aromatic N) is 6. The Morgan fingerprint density at radius 1 is 0.927 bits per heavy atom. The van der Waals surface area contributed by atoms with Crippen molar-refractivity contribution in [2.75, 3.05) is 43.4 Å². The summed E-state index contributed by atoms with van der Waals surface area (Å²) in [5.74, 6) is 1.84. The fraction of sp³-hybridized carbons (Fsp3) is 0.485. The summed E-state index contributed by atoms with van der Waals surface area (Å²) in [5, 5.41) is 15.0. The van der Waals surface area contributed by atoms with Gasteiger partial charge in [-0.25, -0.2) is 9.97 Å². The van der Waals surface area contributed by atoms with Crippen LogP contribution >= 0.6 is 0 Å². The predicted octanol–water partition coefficient (Wildman–Crippen LogP) is 5.98. The summed E-state index contributed by atoms with van der Waals surface area (Å²) >= 11 is 0. The fourth-order valence-electron chi connectivity index (χ4n) is 6.60. The van der Waals surface area contributed by atoms with E-state index in [1.165, 1.54) is 63.0 Å². The Labute approximate surface area is 242 Å². The quantitative estimate of drug-likeness (QED) is 0.305. The minimum absolute atomic E-state index is 0.505. The van der Waals surface area contributed by atoms with Crippen molar-refractivity contribution in [2.24, 2.45) is 5.41 Å². The zero-order valence-corrected chi connectivity index (χ0v) is 24.5. The van der Waals surface area contributed by atoms with Gasteiger partial charge in [0.15, 0.2) is 5.65 Å². The molecule has 3 aromatic heterocycles. The first-order valence-corrected chi connectivity index (χ1v) is 15.2. The molecule has 1 aromatic carbocycles. The van der Waals surface area contributed by atoms with Crippen molar-refractivity contribution in [1.82, 2.24) is 24.4 Å². The van der Waals surface area contributed by atoms with E-state index in [9.17, 15) is 5.11 Å². The normalized spacial score (nSPS) is 19.7. The number of pyridine rings is 1. The summed E-state index contributed by atoms with van der Waals surface area (Å²) in [6.07, 6.45) is 9.51. The molecule has 214 valence electrons. The Morgan fingerprint density at radius 2 is 1.63 bits per heavy atom. The molecule has 2 N–H and O–H groups in total. The van der Waals surface area contributed by atoms with Crippen LogP contribution in [-0.2, 0) is 5.60 Å². The minimum atomic E-state index is -1.02. The van der Waals surface area contributed by atoms with E-state index in [0.29, 0.717) is 23.0 Å². The van der Waals surface area contributed by atoms with Gasteiger partial charge in [-0.05, 0) is 126 Å². The van der Waals surface area contributed by atoms with Crippen LogP contribution in [0.4, 0.5) is 17.3 Å². The van der Waals surface area contributed by atoms with E-state index < -0.39 is 5.60 Å². The Kier molecular flexibility index (Phi) is 6.51. The predicted molar refractivity (Wildman–Crippen MR) is 164 cm³/mol. The SMILES string of the molecule is CN1CCC2(CC1)CCN(c1ccc(Nc3ncc4cc(C5CC5)n(-c5cccc(C(C)(C)O)n5)c4n3)cc1)CC2. The lowest BCUT2D eigenvalue weighted by molar-refractivity contribution is 0.0738. The number of benzene rings is 1. The molecule has 0 atom stereocenters. The molecule has 2 saturated heterocycles. The summed E-state index contributed by atoms with van der Waals surface area (Å²) < 4.78 is 2.14. The van der Waals surface area contributed by atoms with Gasteiger partial charge in [0.1, 0.15) is 11.4 Å². The van der Waals surface area contributed by atoms with Gasteiger partial charge in [0, 0.05) is 41.7 Å². The Hall–Kier alpha value is -3.49. The zero-order chi connectivity index (χ0) is 28.2. The Bertz CT molecular complexity index is 1530. The summed E-state index contributed by atoms with van der Waals surface area (Å²) in [6, 6.07) is 16.7. The van der Waals surface area contributed by atoms with Gasteiger partial charge in [-0.15, -0.1) is 0 Å². The molecular weight excluding hydrogens is 510 g/mol. The van der Waals surface area contributed by atoms with Gasteiger partial charge in [0.05, 0.1) is 5.69 Å². The van der Waals surface area contributed by atoms with Gasteiger partial charge in [0.25, 0.3) is 0 Å². The van der Waals surface area contributed by atoms with E-state index in [-0.39, 0.29) is 0 Å². The molecule has 41 heavy (non-hydrogen) atoms. The van der Waals surface area contributed by atoms with Crippen molar-refractivity contribution in [2.45, 2.75) is 63.9 Å². The number of nitrogens with one attached hydrogen (secondary N) is 1. The van der Waals surface area contributed by atoms with Gasteiger partial charge in [0.2, 0.25) is 5.95 Å². The number of piperidine rings is 2. The van der Waals surface area contributed by atoms with Crippen LogP contribution in [0, 0.1) is 5.41 Å². The van der Waals surface area contributed by atoms with E-state index >= 15 is 0 Å². The molecule has 0 unspecified atom stereocenters. The molecule has 7 rings (SSSR count). The number of likely N-dealkylation sites (tertiary alicyclic amines) is 1. The number of aliphatic hydroxyl groups is 1. The third kappa shape index (κ3) is 5.31. The summed E-state index contributed by atoms with van der Waals surface area (Å²) in [6.45, 7) is 8.29. The minimum Gasteiger partial charge on any atom is -0.384 e. The molecule has 0 bridgehead atoms. The number of hydrogen-bond acceptors (Lipinski definition) is 7. The van der Waals surface area contributed by atoms with Crippen molar-refractivity contribution >= 4 is 28.4 Å². The van der Waals surface area contributed by atoms with Crippen LogP contribution < -0.4 is 10.2 Å². The molecule has 5 heterocycles. The van der Waals surface area contributed by atoms with Crippen LogP contribution in [0.25, 0.3) is 16.9 Å². The summed E-state index contributed by atoms with van der Waals surface area (Å²) in [7, 11) is 2.25. The van der Waals surface area contributed by atoms with E-state index in [1.807, 2.05) is 24.4 Å². The number of hydrogen-bond donors (Lipinski definition) is 2. The van der Waals surface area contributed by atoms with Crippen LogP contribution in [0.5, 0.6) is 0 Å². The lowest BCUT2D eigenvalue weighted by atomic mass is 9.71. The standard InChI is InChI=1S/C33H41N7O/c1-32(2,41)28-5-4-6-29(36-28)40-27(23-7-8-23)21-24-22-34-31(37-30(24)40)35-25-9-11-26(12-10-25)39-19-15-33(16-20-39)13-17-38(3)18-14-33/h4-6,9-12,21-23,41H,7-8,13-20H2,1-3H3,(H,34,35,37). The fourth-order valence-corrected chi connectivity index (χ4v) is 6.60. The number of fused-ring (bicyclic) bond motifs is 1. The van der Waals surface area contributed by atoms with Crippen molar-refractivity contribution < 1.29 is 5.11 Å². The molecule has 0 amide bonds. The molecule has 1 spiro atoms. The van der Waals surface area contributed by atoms with Crippen molar-refractivity contribution in [3.63, 3.8) is 0 Å². The Morgan fingerprint density at radius 3 is 2.32 bits per heavy atom. The molecular formula is C33H41N7O. The highest BCUT2D eigenvalue weighted by molar-refractivity contribution is 5.80. The summed E-state index contributed by atoms with van der Waals surface area (Å²) in [4.78, 5) is 19.4. The maximum Gasteiger partial charge on any atom is 0.229 e. The highest BCUT2D eigenvalue weighted by Crippen LogP contribution is 2.44. The highest BCUT2D eigenvalue weighted by Gasteiger charge is 2.37. The van der Waals surface area contributed by atoms with Crippen molar-refractivity contribution in [3.8, 4) is 5.82 Å². The third-order valence-corrected chi connectivity index (χ3v) is 9.52. The second kappa shape index (κ2) is 10.1. The molecule has 2 aliphatic heterocycles. The van der Waals surface area contributed by atoms with Crippen LogP contribution in [0.3, 0.4) is 0 Å². The van der Waals surface area contributed by atoms with E-state index in [2.05, 4.69) is 62.0 Å². The first-order chi connectivity index (χ1) is 19.8. The largest absolute Gasteiger partial charge is 0.384 e. The molecule has 1 aliphatic carbocycles. The maximum absolute atomic E-state index is 10.6. The van der Waals surface area contributed by atoms with Crippen LogP contribution in [-0.4, -0.2) is 62.8 Å².